The minimum absolute atomic E-state index is 0. The summed E-state index contributed by atoms with van der Waals surface area (Å²) in [5.41, 5.74) is 6.46. The molecule has 3 N–H and O–H groups in total. The van der Waals surface area contributed by atoms with Gasteiger partial charge in [-0.1, -0.05) is 30.3 Å². The van der Waals surface area contributed by atoms with Gasteiger partial charge in [-0.3, -0.25) is 9.59 Å². The van der Waals surface area contributed by atoms with Crippen LogP contribution in [-0.2, 0) is 16.1 Å². The number of nitrogens with two attached hydrogens (primary N) is 1. The Labute approximate surface area is 138 Å². The first-order chi connectivity index (χ1) is 10.1. The third-order valence-electron chi connectivity index (χ3n) is 3.22. The minimum atomic E-state index is -0.0219. The fourth-order valence-corrected chi connectivity index (χ4v) is 1.97. The second kappa shape index (κ2) is 12.0. The maximum Gasteiger partial charge on any atom is 0.221 e. The summed E-state index contributed by atoms with van der Waals surface area (Å²) in [6.07, 6.45) is 2.13. The zero-order chi connectivity index (χ0) is 15.5. The van der Waals surface area contributed by atoms with Gasteiger partial charge in [0.15, 0.2) is 0 Å². The molecular formula is C16H26ClN3O2. The minimum Gasteiger partial charge on any atom is -0.356 e. The SMILES string of the molecule is CC(=O)N(CCC(=O)NCCCCN)Cc1ccccc1.Cl. The average Bonchev–Trinajstić information content (AvgIpc) is 2.48. The van der Waals surface area contributed by atoms with Crippen molar-refractivity contribution in [1.82, 2.24) is 10.2 Å². The maximum atomic E-state index is 11.7. The lowest BCUT2D eigenvalue weighted by Gasteiger charge is -2.21. The molecule has 0 aliphatic carbocycles. The molecule has 0 saturated heterocycles. The largest absolute Gasteiger partial charge is 0.356 e. The molecule has 0 aliphatic rings. The van der Waals surface area contributed by atoms with E-state index in [1.165, 1.54) is 6.92 Å². The van der Waals surface area contributed by atoms with Gasteiger partial charge in [-0.05, 0) is 24.9 Å². The molecule has 0 saturated carbocycles. The van der Waals surface area contributed by atoms with Gasteiger partial charge in [0.2, 0.25) is 11.8 Å². The summed E-state index contributed by atoms with van der Waals surface area (Å²) in [7, 11) is 0. The molecule has 0 fully saturated rings. The number of carbonyl (C=O) groups is 2. The van der Waals surface area contributed by atoms with Gasteiger partial charge in [-0.25, -0.2) is 0 Å². The van der Waals surface area contributed by atoms with E-state index in [2.05, 4.69) is 5.32 Å². The summed E-state index contributed by atoms with van der Waals surface area (Å²) in [5.74, 6) is -0.0406. The highest BCUT2D eigenvalue weighted by molar-refractivity contribution is 5.85. The Bertz CT molecular complexity index is 440. The van der Waals surface area contributed by atoms with E-state index in [4.69, 9.17) is 5.73 Å². The highest BCUT2D eigenvalue weighted by atomic mass is 35.5. The number of nitrogens with zero attached hydrogens (tertiary/aromatic N) is 1. The van der Waals surface area contributed by atoms with Crippen molar-refractivity contribution in [3.8, 4) is 0 Å². The first kappa shape index (κ1) is 20.4. The second-order valence-electron chi connectivity index (χ2n) is 5.02. The van der Waals surface area contributed by atoms with E-state index >= 15 is 0 Å². The number of unbranched alkanes of at least 4 members (excludes halogenated alkanes) is 1. The molecule has 0 spiro atoms. The number of hydrogen-bond donors (Lipinski definition) is 2. The van der Waals surface area contributed by atoms with Gasteiger partial charge in [-0.2, -0.15) is 0 Å². The van der Waals surface area contributed by atoms with E-state index in [9.17, 15) is 9.59 Å². The van der Waals surface area contributed by atoms with Gasteiger partial charge in [0.1, 0.15) is 0 Å². The quantitative estimate of drug-likeness (QED) is 0.678. The molecule has 2 amide bonds. The molecule has 1 rings (SSSR count). The molecule has 0 heterocycles. The molecule has 0 bridgehead atoms. The van der Waals surface area contributed by atoms with Crippen LogP contribution in [0.15, 0.2) is 30.3 Å². The number of carbonyl (C=O) groups excluding carboxylic acids is 2. The molecule has 22 heavy (non-hydrogen) atoms. The van der Waals surface area contributed by atoms with Crippen LogP contribution in [0.4, 0.5) is 0 Å². The van der Waals surface area contributed by atoms with Crippen LogP contribution >= 0.6 is 12.4 Å². The van der Waals surface area contributed by atoms with Crippen LogP contribution in [0.25, 0.3) is 0 Å². The third-order valence-corrected chi connectivity index (χ3v) is 3.22. The fourth-order valence-electron chi connectivity index (χ4n) is 1.97. The molecule has 6 heteroatoms. The highest BCUT2D eigenvalue weighted by Crippen LogP contribution is 2.05. The van der Waals surface area contributed by atoms with Crippen molar-refractivity contribution in [1.29, 1.82) is 0 Å². The van der Waals surface area contributed by atoms with Crippen LogP contribution in [0, 0.1) is 0 Å². The van der Waals surface area contributed by atoms with Crippen LogP contribution in [0.2, 0.25) is 0 Å². The number of nitrogens with one attached hydrogen (secondary N) is 1. The lowest BCUT2D eigenvalue weighted by atomic mass is 10.2. The number of hydrogen-bond acceptors (Lipinski definition) is 3. The molecule has 124 valence electrons. The Morgan fingerprint density at radius 1 is 1.18 bits per heavy atom. The topological polar surface area (TPSA) is 75.4 Å². The molecule has 1 aromatic rings. The molecule has 0 aliphatic heterocycles. The standard InChI is InChI=1S/C16H25N3O2.ClH/c1-14(20)19(13-15-7-3-2-4-8-15)12-9-16(21)18-11-6-5-10-17;/h2-4,7-8H,5-6,9-13,17H2,1H3,(H,18,21);1H. The van der Waals surface area contributed by atoms with E-state index in [0.717, 1.165) is 18.4 Å². The van der Waals surface area contributed by atoms with Crippen molar-refractivity contribution in [3.05, 3.63) is 35.9 Å². The molecule has 0 aromatic heterocycles. The molecule has 0 unspecified atom stereocenters. The summed E-state index contributed by atoms with van der Waals surface area (Å²) >= 11 is 0. The molecule has 0 radical (unpaired) electrons. The van der Waals surface area contributed by atoms with Gasteiger partial charge in [0.05, 0.1) is 0 Å². The number of amides is 2. The van der Waals surface area contributed by atoms with Gasteiger partial charge in [0, 0.05) is 33.0 Å². The van der Waals surface area contributed by atoms with Crippen LogP contribution in [0.5, 0.6) is 0 Å². The van der Waals surface area contributed by atoms with Crippen molar-refractivity contribution in [2.24, 2.45) is 5.73 Å². The normalized spacial score (nSPS) is 9.73. The number of benzene rings is 1. The lowest BCUT2D eigenvalue weighted by molar-refractivity contribution is -0.130. The van der Waals surface area contributed by atoms with Crippen LogP contribution in [-0.4, -0.2) is 36.3 Å². The Morgan fingerprint density at radius 3 is 2.45 bits per heavy atom. The van der Waals surface area contributed by atoms with Crippen molar-refractivity contribution >= 4 is 24.2 Å². The summed E-state index contributed by atoms with van der Waals surface area (Å²) in [6.45, 7) is 3.80. The second-order valence-corrected chi connectivity index (χ2v) is 5.02. The highest BCUT2D eigenvalue weighted by Gasteiger charge is 2.11. The van der Waals surface area contributed by atoms with Crippen molar-refractivity contribution in [2.45, 2.75) is 32.7 Å². The van der Waals surface area contributed by atoms with Gasteiger partial charge >= 0.3 is 0 Å². The van der Waals surface area contributed by atoms with E-state index < -0.39 is 0 Å². The maximum absolute atomic E-state index is 11.7. The van der Waals surface area contributed by atoms with E-state index in [1.54, 1.807) is 4.90 Å². The molecule has 1 aromatic carbocycles. The fraction of sp³-hybridized carbons (Fsp3) is 0.500. The summed E-state index contributed by atoms with van der Waals surface area (Å²) in [4.78, 5) is 25.0. The average molecular weight is 328 g/mol. The van der Waals surface area contributed by atoms with E-state index in [1.807, 2.05) is 30.3 Å². The zero-order valence-electron chi connectivity index (χ0n) is 13.1. The monoisotopic (exact) mass is 327 g/mol. The predicted octanol–water partition coefficient (Wildman–Crippen LogP) is 1.70. The van der Waals surface area contributed by atoms with Gasteiger partial charge in [-0.15, -0.1) is 12.4 Å². The van der Waals surface area contributed by atoms with Crippen molar-refractivity contribution in [2.75, 3.05) is 19.6 Å². The molecule has 5 nitrogen and oxygen atoms in total. The zero-order valence-corrected chi connectivity index (χ0v) is 13.9. The van der Waals surface area contributed by atoms with Gasteiger partial charge in [0.25, 0.3) is 0 Å². The Hall–Kier alpha value is -1.59. The van der Waals surface area contributed by atoms with Crippen molar-refractivity contribution in [3.63, 3.8) is 0 Å². The number of halogens is 1. The predicted molar refractivity (Wildman–Crippen MR) is 90.7 cm³/mol. The van der Waals surface area contributed by atoms with Crippen LogP contribution < -0.4 is 11.1 Å². The lowest BCUT2D eigenvalue weighted by Crippen LogP contribution is -2.33. The first-order valence-electron chi connectivity index (χ1n) is 7.39. The van der Waals surface area contributed by atoms with Crippen LogP contribution in [0.3, 0.4) is 0 Å². The van der Waals surface area contributed by atoms with Gasteiger partial charge < -0.3 is 16.0 Å². The van der Waals surface area contributed by atoms with Crippen molar-refractivity contribution < 1.29 is 9.59 Å². The van der Waals surface area contributed by atoms with E-state index in [-0.39, 0.29) is 24.2 Å². The molecule has 0 atom stereocenters. The Morgan fingerprint density at radius 2 is 1.86 bits per heavy atom. The van der Waals surface area contributed by atoms with Crippen LogP contribution in [0.1, 0.15) is 31.7 Å². The Kier molecular flexibility index (Phi) is 11.1. The smallest absolute Gasteiger partial charge is 0.221 e. The Balaban J connectivity index is 0.00000441. The first-order valence-corrected chi connectivity index (χ1v) is 7.39. The number of rotatable bonds is 9. The summed E-state index contributed by atoms with van der Waals surface area (Å²) in [5, 5.41) is 2.84. The third kappa shape index (κ3) is 8.64. The van der Waals surface area contributed by atoms with E-state index in [0.29, 0.717) is 32.6 Å². The summed E-state index contributed by atoms with van der Waals surface area (Å²) < 4.78 is 0. The molecular weight excluding hydrogens is 302 g/mol. The summed E-state index contributed by atoms with van der Waals surface area (Å²) in [6, 6.07) is 9.78.